The van der Waals surface area contributed by atoms with E-state index in [1.165, 1.54) is 14.2 Å². The molecule has 1 atom stereocenters. The largest absolute Gasteiger partial charge is 0.496 e. The van der Waals surface area contributed by atoms with Crippen LogP contribution in [0.25, 0.3) is 0 Å². The zero-order chi connectivity index (χ0) is 14.3. The third kappa shape index (κ3) is 4.31. The molecule has 4 nitrogen and oxygen atoms in total. The van der Waals surface area contributed by atoms with E-state index in [4.69, 9.17) is 21.1 Å². The molecule has 0 spiro atoms. The standard InChI is InChI=1S/C14H20ClNO3/c1-10(6-5-9-15)16-14(17)13-11(18-2)7-4-8-12(13)19-3/h4,7-8,10H,5-6,9H2,1-3H3,(H,16,17). The lowest BCUT2D eigenvalue weighted by atomic mass is 10.1. The Bertz CT molecular complexity index is 401. The van der Waals surface area contributed by atoms with Gasteiger partial charge in [0, 0.05) is 11.9 Å². The second-order valence-electron chi connectivity index (χ2n) is 4.24. The van der Waals surface area contributed by atoms with E-state index in [1.54, 1.807) is 18.2 Å². The molecule has 0 aliphatic carbocycles. The first kappa shape index (κ1) is 15.6. The lowest BCUT2D eigenvalue weighted by Crippen LogP contribution is -2.33. The summed E-state index contributed by atoms with van der Waals surface area (Å²) in [5.41, 5.74) is 0.422. The van der Waals surface area contributed by atoms with Gasteiger partial charge in [-0.2, -0.15) is 0 Å². The molecule has 19 heavy (non-hydrogen) atoms. The molecule has 0 aliphatic heterocycles. The maximum Gasteiger partial charge on any atom is 0.259 e. The Morgan fingerprint density at radius 1 is 1.32 bits per heavy atom. The molecule has 106 valence electrons. The predicted octanol–water partition coefficient (Wildman–Crippen LogP) is 2.84. The molecule has 0 saturated carbocycles. The molecule has 1 unspecified atom stereocenters. The summed E-state index contributed by atoms with van der Waals surface area (Å²) in [6, 6.07) is 5.31. The van der Waals surface area contributed by atoms with Crippen LogP contribution in [-0.4, -0.2) is 32.0 Å². The molecule has 0 bridgehead atoms. The summed E-state index contributed by atoms with van der Waals surface area (Å²) in [7, 11) is 3.06. The smallest absolute Gasteiger partial charge is 0.259 e. The number of hydrogen-bond acceptors (Lipinski definition) is 3. The molecular weight excluding hydrogens is 266 g/mol. The molecule has 0 fully saturated rings. The predicted molar refractivity (Wildman–Crippen MR) is 76.4 cm³/mol. The third-order valence-electron chi connectivity index (χ3n) is 2.80. The van der Waals surface area contributed by atoms with Crippen molar-refractivity contribution in [2.75, 3.05) is 20.1 Å². The Morgan fingerprint density at radius 3 is 2.37 bits per heavy atom. The molecule has 0 saturated heterocycles. The molecule has 0 aliphatic rings. The van der Waals surface area contributed by atoms with Crippen LogP contribution in [0, 0.1) is 0 Å². The van der Waals surface area contributed by atoms with E-state index in [-0.39, 0.29) is 11.9 Å². The fourth-order valence-corrected chi connectivity index (χ4v) is 1.98. The highest BCUT2D eigenvalue weighted by molar-refractivity contribution is 6.17. The Kier molecular flexibility index (Phi) is 6.50. The minimum Gasteiger partial charge on any atom is -0.496 e. The second kappa shape index (κ2) is 7.89. The minimum absolute atomic E-state index is 0.0564. The van der Waals surface area contributed by atoms with Crippen molar-refractivity contribution in [2.45, 2.75) is 25.8 Å². The van der Waals surface area contributed by atoms with Gasteiger partial charge in [0.05, 0.1) is 14.2 Å². The first-order valence-electron chi connectivity index (χ1n) is 6.21. The monoisotopic (exact) mass is 285 g/mol. The first-order chi connectivity index (χ1) is 9.13. The average molecular weight is 286 g/mol. The molecule has 0 heterocycles. The Hall–Kier alpha value is -1.42. The lowest BCUT2D eigenvalue weighted by molar-refractivity contribution is 0.0932. The van der Waals surface area contributed by atoms with Gasteiger partial charge in [0.25, 0.3) is 5.91 Å². The molecule has 0 radical (unpaired) electrons. The third-order valence-corrected chi connectivity index (χ3v) is 3.07. The number of rotatable bonds is 7. The molecule has 5 heteroatoms. The number of ether oxygens (including phenoxy) is 2. The van der Waals surface area contributed by atoms with E-state index in [2.05, 4.69) is 5.32 Å². The number of methoxy groups -OCH3 is 2. The number of amides is 1. The summed E-state index contributed by atoms with van der Waals surface area (Å²) in [6.45, 7) is 1.95. The highest BCUT2D eigenvalue weighted by Gasteiger charge is 2.19. The Morgan fingerprint density at radius 2 is 1.89 bits per heavy atom. The number of alkyl halides is 1. The van der Waals surface area contributed by atoms with Crippen LogP contribution < -0.4 is 14.8 Å². The number of halogens is 1. The molecule has 1 N–H and O–H groups in total. The highest BCUT2D eigenvalue weighted by atomic mass is 35.5. The van der Waals surface area contributed by atoms with Gasteiger partial charge in [0.2, 0.25) is 0 Å². The molecule has 1 aromatic carbocycles. The van der Waals surface area contributed by atoms with E-state index in [1.807, 2.05) is 6.92 Å². The molecule has 0 aromatic heterocycles. The minimum atomic E-state index is -0.198. The van der Waals surface area contributed by atoms with Crippen molar-refractivity contribution in [1.82, 2.24) is 5.32 Å². The number of carbonyl (C=O) groups is 1. The summed E-state index contributed by atoms with van der Waals surface area (Å²) >= 11 is 5.64. The van der Waals surface area contributed by atoms with Crippen LogP contribution in [0.1, 0.15) is 30.1 Å². The van der Waals surface area contributed by atoms with E-state index in [0.717, 1.165) is 12.8 Å². The van der Waals surface area contributed by atoms with Gasteiger partial charge < -0.3 is 14.8 Å². The van der Waals surface area contributed by atoms with Gasteiger partial charge in [-0.25, -0.2) is 0 Å². The van der Waals surface area contributed by atoms with Crippen LogP contribution in [0.3, 0.4) is 0 Å². The van der Waals surface area contributed by atoms with Crippen molar-refractivity contribution < 1.29 is 14.3 Å². The van der Waals surface area contributed by atoms with Crippen LogP contribution in [-0.2, 0) is 0 Å². The van der Waals surface area contributed by atoms with Crippen molar-refractivity contribution in [3.8, 4) is 11.5 Å². The van der Waals surface area contributed by atoms with Gasteiger partial charge in [0.1, 0.15) is 17.1 Å². The van der Waals surface area contributed by atoms with Crippen molar-refractivity contribution in [3.05, 3.63) is 23.8 Å². The van der Waals surface area contributed by atoms with E-state index in [9.17, 15) is 4.79 Å². The van der Waals surface area contributed by atoms with Crippen molar-refractivity contribution >= 4 is 17.5 Å². The van der Waals surface area contributed by atoms with Gasteiger partial charge in [-0.15, -0.1) is 11.6 Å². The Labute approximate surface area is 119 Å². The quantitative estimate of drug-likeness (QED) is 0.784. The van der Waals surface area contributed by atoms with Gasteiger partial charge >= 0.3 is 0 Å². The van der Waals surface area contributed by atoms with Gasteiger partial charge in [-0.3, -0.25) is 4.79 Å². The topological polar surface area (TPSA) is 47.6 Å². The fraction of sp³-hybridized carbons (Fsp3) is 0.500. The van der Waals surface area contributed by atoms with Crippen LogP contribution in [0.2, 0.25) is 0 Å². The van der Waals surface area contributed by atoms with E-state index < -0.39 is 0 Å². The Balaban J connectivity index is 2.86. The summed E-state index contributed by atoms with van der Waals surface area (Å²) in [4.78, 5) is 12.3. The summed E-state index contributed by atoms with van der Waals surface area (Å²) in [5, 5.41) is 2.92. The van der Waals surface area contributed by atoms with Gasteiger partial charge in [-0.1, -0.05) is 6.07 Å². The average Bonchev–Trinajstić information content (AvgIpc) is 2.43. The second-order valence-corrected chi connectivity index (χ2v) is 4.62. The summed E-state index contributed by atoms with van der Waals surface area (Å²) in [5.74, 6) is 1.40. The van der Waals surface area contributed by atoms with Crippen LogP contribution in [0.15, 0.2) is 18.2 Å². The maximum atomic E-state index is 12.3. The van der Waals surface area contributed by atoms with Crippen LogP contribution in [0.5, 0.6) is 11.5 Å². The summed E-state index contributed by atoms with van der Waals surface area (Å²) < 4.78 is 10.4. The van der Waals surface area contributed by atoms with Crippen LogP contribution in [0.4, 0.5) is 0 Å². The molecular formula is C14H20ClNO3. The van der Waals surface area contributed by atoms with Crippen molar-refractivity contribution in [3.63, 3.8) is 0 Å². The van der Waals surface area contributed by atoms with Crippen molar-refractivity contribution in [1.29, 1.82) is 0 Å². The number of benzene rings is 1. The number of carbonyl (C=O) groups excluding carboxylic acids is 1. The molecule has 1 amide bonds. The zero-order valence-electron chi connectivity index (χ0n) is 11.5. The van der Waals surface area contributed by atoms with Gasteiger partial charge in [-0.05, 0) is 31.9 Å². The van der Waals surface area contributed by atoms with E-state index in [0.29, 0.717) is 22.9 Å². The number of nitrogens with one attached hydrogen (secondary N) is 1. The van der Waals surface area contributed by atoms with E-state index >= 15 is 0 Å². The van der Waals surface area contributed by atoms with Crippen LogP contribution >= 0.6 is 11.6 Å². The maximum absolute atomic E-state index is 12.3. The lowest BCUT2D eigenvalue weighted by Gasteiger charge is -2.16. The van der Waals surface area contributed by atoms with Gasteiger partial charge in [0.15, 0.2) is 0 Å². The SMILES string of the molecule is COc1cccc(OC)c1C(=O)NC(C)CCCCl. The normalized spacial score (nSPS) is 11.8. The van der Waals surface area contributed by atoms with Crippen molar-refractivity contribution in [2.24, 2.45) is 0 Å². The first-order valence-corrected chi connectivity index (χ1v) is 6.75. The molecule has 1 aromatic rings. The number of hydrogen-bond donors (Lipinski definition) is 1. The highest BCUT2D eigenvalue weighted by Crippen LogP contribution is 2.28. The zero-order valence-corrected chi connectivity index (χ0v) is 12.3. The summed E-state index contributed by atoms with van der Waals surface area (Å²) in [6.07, 6.45) is 1.71. The molecule has 1 rings (SSSR count). The fourth-order valence-electron chi connectivity index (χ4n) is 1.83.